The second-order valence-electron chi connectivity index (χ2n) is 13.6. The van der Waals surface area contributed by atoms with Crippen molar-refractivity contribution in [3.05, 3.63) is 145 Å². The minimum Gasteiger partial charge on any atom is -0.462 e. The molecule has 0 aliphatic carbocycles. The highest BCUT2D eigenvalue weighted by Crippen LogP contribution is 2.25. The minimum absolute atomic E-state index is 0.165. The zero-order chi connectivity index (χ0) is 40.5. The van der Waals surface area contributed by atoms with Gasteiger partial charge in [0.2, 0.25) is 17.8 Å². The summed E-state index contributed by atoms with van der Waals surface area (Å²) in [6.07, 6.45) is 0.492. The third-order valence-corrected chi connectivity index (χ3v) is 8.35. The van der Waals surface area contributed by atoms with Gasteiger partial charge in [-0.05, 0) is 50.8 Å². The highest BCUT2D eigenvalue weighted by Gasteiger charge is 2.25. The Kier molecular flexibility index (Phi) is 16.3. The molecule has 0 radical (unpaired) electrons. The highest BCUT2D eigenvalue weighted by molar-refractivity contribution is 5.87. The molecule has 56 heavy (non-hydrogen) atoms. The highest BCUT2D eigenvalue weighted by atomic mass is 16.5. The fourth-order valence-electron chi connectivity index (χ4n) is 5.61. The van der Waals surface area contributed by atoms with Crippen molar-refractivity contribution in [1.82, 2.24) is 15.0 Å². The molecule has 1 aromatic heterocycles. The first kappa shape index (κ1) is 42.4. The molecule has 3 aromatic carbocycles. The zero-order valence-electron chi connectivity index (χ0n) is 32.8. The van der Waals surface area contributed by atoms with Crippen LogP contribution >= 0.6 is 0 Å². The number of nitrogens with zero attached hydrogens (tertiary/aromatic N) is 6. The molecule has 2 unspecified atom stereocenters. The van der Waals surface area contributed by atoms with Crippen LogP contribution in [0.5, 0.6) is 0 Å². The summed E-state index contributed by atoms with van der Waals surface area (Å²) in [5.41, 5.74) is 3.58. The summed E-state index contributed by atoms with van der Waals surface area (Å²) in [4.78, 5) is 58.3. The maximum Gasteiger partial charge on any atom is 0.333 e. The fourth-order valence-corrected chi connectivity index (χ4v) is 5.61. The van der Waals surface area contributed by atoms with Gasteiger partial charge in [0.05, 0.1) is 19.7 Å². The molecule has 0 aliphatic rings. The van der Waals surface area contributed by atoms with Gasteiger partial charge in [0.15, 0.2) is 0 Å². The van der Waals surface area contributed by atoms with E-state index in [1.54, 1.807) is 13.8 Å². The van der Waals surface area contributed by atoms with E-state index in [0.717, 1.165) is 22.8 Å². The van der Waals surface area contributed by atoms with Crippen molar-refractivity contribution in [2.45, 2.75) is 66.0 Å². The SMILES string of the molecule is C=CC(=O)OCCCN(Cc1ccccc1)c1nc(N(Cc2ccccc2)CC(C)OC(=O)C(=C)C)nc(N(Cc2ccccc2)CC(C)OC(=O)C(=C)C)n1. The van der Waals surface area contributed by atoms with Crippen molar-refractivity contribution in [3.63, 3.8) is 0 Å². The summed E-state index contributed by atoms with van der Waals surface area (Å²) in [5.74, 6) is -0.431. The monoisotopic (exact) mass is 760 g/mol. The molecule has 0 aliphatic heterocycles. The number of anilines is 3. The summed E-state index contributed by atoms with van der Waals surface area (Å²) in [6.45, 7) is 20.1. The van der Waals surface area contributed by atoms with E-state index < -0.39 is 30.1 Å². The maximum absolute atomic E-state index is 12.6. The van der Waals surface area contributed by atoms with Gasteiger partial charge in [-0.1, -0.05) is 111 Å². The van der Waals surface area contributed by atoms with Crippen molar-refractivity contribution in [2.24, 2.45) is 0 Å². The third-order valence-electron chi connectivity index (χ3n) is 8.35. The summed E-state index contributed by atoms with van der Waals surface area (Å²) < 4.78 is 16.8. The first-order chi connectivity index (χ1) is 26.9. The molecule has 0 spiro atoms. The molecular formula is C44H52N6O6. The van der Waals surface area contributed by atoms with Crippen LogP contribution in [0.25, 0.3) is 0 Å². The second-order valence-corrected chi connectivity index (χ2v) is 13.6. The Morgan fingerprint density at radius 3 is 1.34 bits per heavy atom. The maximum atomic E-state index is 12.6. The van der Waals surface area contributed by atoms with Crippen molar-refractivity contribution >= 4 is 35.8 Å². The predicted octanol–water partition coefficient (Wildman–Crippen LogP) is 7.03. The van der Waals surface area contributed by atoms with E-state index in [9.17, 15) is 14.4 Å². The predicted molar refractivity (Wildman–Crippen MR) is 219 cm³/mol. The van der Waals surface area contributed by atoms with Crippen LogP contribution in [-0.4, -0.2) is 71.3 Å². The van der Waals surface area contributed by atoms with Crippen LogP contribution in [0.4, 0.5) is 17.8 Å². The fraction of sp³-hybridized carbons (Fsp3) is 0.318. The molecule has 4 rings (SSSR count). The minimum atomic E-state index is -0.562. The van der Waals surface area contributed by atoms with Gasteiger partial charge < -0.3 is 28.9 Å². The lowest BCUT2D eigenvalue weighted by Crippen LogP contribution is -2.38. The van der Waals surface area contributed by atoms with Gasteiger partial charge in [-0.15, -0.1) is 0 Å². The lowest BCUT2D eigenvalue weighted by molar-refractivity contribution is -0.143. The van der Waals surface area contributed by atoms with E-state index in [-0.39, 0.29) is 19.7 Å². The molecule has 1 heterocycles. The van der Waals surface area contributed by atoms with Crippen LogP contribution in [0.1, 0.15) is 50.8 Å². The number of aromatic nitrogens is 3. The van der Waals surface area contributed by atoms with E-state index in [2.05, 4.69) is 19.7 Å². The van der Waals surface area contributed by atoms with E-state index in [0.29, 0.717) is 61.6 Å². The molecule has 0 saturated carbocycles. The van der Waals surface area contributed by atoms with Crippen LogP contribution in [0, 0.1) is 0 Å². The van der Waals surface area contributed by atoms with E-state index >= 15 is 0 Å². The Labute approximate surface area is 330 Å². The number of hydrogen-bond acceptors (Lipinski definition) is 12. The Bertz CT molecular complexity index is 1820. The molecule has 4 aromatic rings. The number of rotatable bonds is 22. The molecule has 0 N–H and O–H groups in total. The van der Waals surface area contributed by atoms with Crippen molar-refractivity contribution in [2.75, 3.05) is 40.9 Å². The molecule has 2 atom stereocenters. The summed E-state index contributed by atoms with van der Waals surface area (Å²) in [6, 6.07) is 29.7. The van der Waals surface area contributed by atoms with E-state index in [1.807, 2.05) is 120 Å². The number of carbonyl (C=O) groups is 3. The molecule has 12 heteroatoms. The first-order valence-corrected chi connectivity index (χ1v) is 18.6. The molecule has 0 saturated heterocycles. The molecule has 294 valence electrons. The first-order valence-electron chi connectivity index (χ1n) is 18.6. The van der Waals surface area contributed by atoms with Gasteiger partial charge in [0.25, 0.3) is 0 Å². The van der Waals surface area contributed by atoms with Gasteiger partial charge in [-0.2, -0.15) is 15.0 Å². The zero-order valence-corrected chi connectivity index (χ0v) is 32.8. The summed E-state index contributed by atoms with van der Waals surface area (Å²) in [7, 11) is 0. The standard InChI is InChI=1S/C44H52N6O6/c1-8-39(51)54-26-18-25-48(29-36-19-12-9-13-20-36)42-45-43(49(30-37-21-14-10-15-22-37)27-34(6)55-40(52)32(2)3)47-44(46-42)50(31-38-23-16-11-17-24-38)28-35(7)56-41(53)33(4)5/h8-17,19-24,34-35H,1-2,4,18,25-31H2,3,5-7H3. The Hall–Kier alpha value is -6.30. The molecular weight excluding hydrogens is 709 g/mol. The topological polar surface area (TPSA) is 127 Å². The van der Waals surface area contributed by atoms with Gasteiger partial charge >= 0.3 is 17.9 Å². The van der Waals surface area contributed by atoms with Gasteiger partial charge in [-0.3, -0.25) is 0 Å². The average molecular weight is 761 g/mol. The van der Waals surface area contributed by atoms with Crippen LogP contribution in [0.3, 0.4) is 0 Å². The Balaban J connectivity index is 1.87. The Morgan fingerprint density at radius 1 is 0.625 bits per heavy atom. The quantitative estimate of drug-likeness (QED) is 0.0353. The van der Waals surface area contributed by atoms with Crippen molar-refractivity contribution < 1.29 is 28.6 Å². The van der Waals surface area contributed by atoms with Crippen LogP contribution in [0.15, 0.2) is 128 Å². The number of hydrogen-bond donors (Lipinski definition) is 0. The smallest absolute Gasteiger partial charge is 0.333 e. The molecule has 0 amide bonds. The lowest BCUT2D eigenvalue weighted by Gasteiger charge is -2.31. The van der Waals surface area contributed by atoms with Crippen LogP contribution in [-0.2, 0) is 48.2 Å². The largest absolute Gasteiger partial charge is 0.462 e. The van der Waals surface area contributed by atoms with Gasteiger partial charge in [0, 0.05) is 43.4 Å². The van der Waals surface area contributed by atoms with Crippen molar-refractivity contribution in [1.29, 1.82) is 0 Å². The van der Waals surface area contributed by atoms with E-state index in [1.165, 1.54) is 0 Å². The summed E-state index contributed by atoms with van der Waals surface area (Å²) >= 11 is 0. The normalized spacial score (nSPS) is 11.7. The van der Waals surface area contributed by atoms with Gasteiger partial charge in [-0.25, -0.2) is 14.4 Å². The number of carbonyl (C=O) groups excluding carboxylic acids is 3. The van der Waals surface area contributed by atoms with E-state index in [4.69, 9.17) is 29.2 Å². The molecule has 0 fully saturated rings. The lowest BCUT2D eigenvalue weighted by atomic mass is 10.2. The molecule has 12 nitrogen and oxygen atoms in total. The second kappa shape index (κ2) is 21.6. The Morgan fingerprint density at radius 2 is 0.982 bits per heavy atom. The molecule has 0 bridgehead atoms. The summed E-state index contributed by atoms with van der Waals surface area (Å²) in [5, 5.41) is 0. The van der Waals surface area contributed by atoms with Gasteiger partial charge in [0.1, 0.15) is 12.2 Å². The number of esters is 3. The average Bonchev–Trinajstić information content (AvgIpc) is 3.19. The third kappa shape index (κ3) is 13.8. The van der Waals surface area contributed by atoms with Crippen LogP contribution in [0.2, 0.25) is 0 Å². The van der Waals surface area contributed by atoms with Crippen LogP contribution < -0.4 is 14.7 Å². The number of benzene rings is 3. The van der Waals surface area contributed by atoms with Crippen molar-refractivity contribution in [3.8, 4) is 0 Å². The number of ether oxygens (including phenoxy) is 3.